The molecule has 0 spiro atoms. The first-order chi connectivity index (χ1) is 6.33. The summed E-state index contributed by atoms with van der Waals surface area (Å²) >= 11 is 1.60. The van der Waals surface area contributed by atoms with Gasteiger partial charge in [-0.2, -0.15) is 0 Å². The van der Waals surface area contributed by atoms with Crippen molar-refractivity contribution >= 4 is 17.1 Å². The minimum Gasteiger partial charge on any atom is -0.299 e. The molecule has 0 saturated carbocycles. The van der Waals surface area contributed by atoms with Crippen LogP contribution in [0.5, 0.6) is 0 Å². The van der Waals surface area contributed by atoms with Crippen molar-refractivity contribution in [3.8, 4) is 12.3 Å². The summed E-state index contributed by atoms with van der Waals surface area (Å²) in [6, 6.07) is 3.91. The Labute approximate surface area is 82.0 Å². The maximum absolute atomic E-state index is 11.3. The Kier molecular flexibility index (Phi) is 4.24. The standard InChI is InChI=1S/C10H11NOS/c1-2-5-11-8-9(12)7-10-4-3-6-13-10/h1,3-4,6,11H,5,7-8H2. The van der Waals surface area contributed by atoms with E-state index in [2.05, 4.69) is 11.2 Å². The zero-order valence-electron chi connectivity index (χ0n) is 7.25. The summed E-state index contributed by atoms with van der Waals surface area (Å²) in [7, 11) is 0. The molecule has 13 heavy (non-hydrogen) atoms. The Hall–Kier alpha value is -1.11. The Bertz CT molecular complexity index is 297. The van der Waals surface area contributed by atoms with E-state index in [0.717, 1.165) is 4.88 Å². The summed E-state index contributed by atoms with van der Waals surface area (Å²) in [5.74, 6) is 2.60. The third-order valence-electron chi connectivity index (χ3n) is 1.50. The predicted octanol–water partition coefficient (Wildman–Crippen LogP) is 1.08. The smallest absolute Gasteiger partial charge is 0.151 e. The van der Waals surface area contributed by atoms with Crippen molar-refractivity contribution in [2.45, 2.75) is 6.42 Å². The van der Waals surface area contributed by atoms with Crippen LogP contribution >= 0.6 is 11.3 Å². The molecule has 0 bridgehead atoms. The van der Waals surface area contributed by atoms with Gasteiger partial charge in [-0.05, 0) is 11.4 Å². The van der Waals surface area contributed by atoms with E-state index in [0.29, 0.717) is 19.5 Å². The Morgan fingerprint density at radius 1 is 1.69 bits per heavy atom. The summed E-state index contributed by atoms with van der Waals surface area (Å²) in [6.07, 6.45) is 5.54. The van der Waals surface area contributed by atoms with E-state index in [-0.39, 0.29) is 5.78 Å². The highest BCUT2D eigenvalue weighted by atomic mass is 32.1. The van der Waals surface area contributed by atoms with Crippen LogP contribution < -0.4 is 5.32 Å². The van der Waals surface area contributed by atoms with Crippen LogP contribution in [0.1, 0.15) is 4.88 Å². The maximum atomic E-state index is 11.3. The van der Waals surface area contributed by atoms with Gasteiger partial charge in [0.25, 0.3) is 0 Å². The molecule has 0 aliphatic carbocycles. The van der Waals surface area contributed by atoms with Gasteiger partial charge in [-0.25, -0.2) is 0 Å². The van der Waals surface area contributed by atoms with Crippen molar-refractivity contribution in [3.05, 3.63) is 22.4 Å². The molecule has 1 rings (SSSR count). The number of rotatable bonds is 5. The van der Waals surface area contributed by atoms with Gasteiger partial charge in [-0.3, -0.25) is 10.1 Å². The van der Waals surface area contributed by atoms with Crippen LogP contribution in [0, 0.1) is 12.3 Å². The van der Waals surface area contributed by atoms with Gasteiger partial charge in [0.2, 0.25) is 0 Å². The van der Waals surface area contributed by atoms with Gasteiger partial charge in [-0.1, -0.05) is 12.0 Å². The summed E-state index contributed by atoms with van der Waals surface area (Å²) in [5.41, 5.74) is 0. The first-order valence-electron chi connectivity index (χ1n) is 4.01. The quantitative estimate of drug-likeness (QED) is 0.560. The van der Waals surface area contributed by atoms with Gasteiger partial charge in [0.15, 0.2) is 5.78 Å². The number of ketones is 1. The fraction of sp³-hybridized carbons (Fsp3) is 0.300. The summed E-state index contributed by atoms with van der Waals surface area (Å²) in [6.45, 7) is 0.818. The summed E-state index contributed by atoms with van der Waals surface area (Å²) in [5, 5.41) is 4.84. The second-order valence-electron chi connectivity index (χ2n) is 2.60. The fourth-order valence-corrected chi connectivity index (χ4v) is 1.68. The number of hydrogen-bond donors (Lipinski definition) is 1. The molecule has 0 aliphatic rings. The molecule has 2 nitrogen and oxygen atoms in total. The van der Waals surface area contributed by atoms with Crippen molar-refractivity contribution in [1.29, 1.82) is 0 Å². The molecule has 0 aromatic carbocycles. The third-order valence-corrected chi connectivity index (χ3v) is 2.38. The van der Waals surface area contributed by atoms with E-state index in [9.17, 15) is 4.79 Å². The SMILES string of the molecule is C#CCNCC(=O)Cc1cccs1. The van der Waals surface area contributed by atoms with E-state index in [1.54, 1.807) is 11.3 Å². The van der Waals surface area contributed by atoms with E-state index in [4.69, 9.17) is 6.42 Å². The molecule has 0 fully saturated rings. The number of Topliss-reactive ketones (excluding diaryl/α,β-unsaturated/α-hetero) is 1. The van der Waals surface area contributed by atoms with Crippen LogP contribution in [0.3, 0.4) is 0 Å². The zero-order valence-corrected chi connectivity index (χ0v) is 8.06. The van der Waals surface area contributed by atoms with Crippen LogP contribution in [0.2, 0.25) is 0 Å². The molecule has 0 aliphatic heterocycles. The van der Waals surface area contributed by atoms with E-state index >= 15 is 0 Å². The highest BCUT2D eigenvalue weighted by molar-refractivity contribution is 7.10. The average molecular weight is 193 g/mol. The number of terminal acetylenes is 1. The molecule has 1 aromatic heterocycles. The number of carbonyl (C=O) groups is 1. The average Bonchev–Trinajstić information content (AvgIpc) is 2.57. The second kappa shape index (κ2) is 5.52. The molecule has 0 saturated heterocycles. The molecule has 1 heterocycles. The van der Waals surface area contributed by atoms with Gasteiger partial charge in [0.1, 0.15) is 0 Å². The van der Waals surface area contributed by atoms with Gasteiger partial charge < -0.3 is 0 Å². The normalized spacial score (nSPS) is 9.46. The lowest BCUT2D eigenvalue weighted by atomic mass is 10.2. The molecule has 3 heteroatoms. The molecule has 68 valence electrons. The molecule has 0 atom stereocenters. The molecule has 0 radical (unpaired) electrons. The number of nitrogens with one attached hydrogen (secondary N) is 1. The van der Waals surface area contributed by atoms with Crippen molar-refractivity contribution in [2.24, 2.45) is 0 Å². The lowest BCUT2D eigenvalue weighted by molar-refractivity contribution is -0.117. The number of carbonyl (C=O) groups excluding carboxylic acids is 1. The fourth-order valence-electron chi connectivity index (χ4n) is 0.944. The van der Waals surface area contributed by atoms with Crippen molar-refractivity contribution < 1.29 is 4.79 Å². The van der Waals surface area contributed by atoms with E-state index < -0.39 is 0 Å². The van der Waals surface area contributed by atoms with E-state index in [1.807, 2.05) is 17.5 Å². The van der Waals surface area contributed by atoms with Crippen LogP contribution in [-0.4, -0.2) is 18.9 Å². The first-order valence-corrected chi connectivity index (χ1v) is 4.89. The molecule has 1 N–H and O–H groups in total. The Morgan fingerprint density at radius 3 is 3.15 bits per heavy atom. The molecular weight excluding hydrogens is 182 g/mol. The van der Waals surface area contributed by atoms with Gasteiger partial charge in [-0.15, -0.1) is 17.8 Å². The van der Waals surface area contributed by atoms with Gasteiger partial charge in [0, 0.05) is 11.3 Å². The van der Waals surface area contributed by atoms with Crippen LogP contribution in [-0.2, 0) is 11.2 Å². The predicted molar refractivity (Wildman–Crippen MR) is 54.7 cm³/mol. The number of hydrogen-bond acceptors (Lipinski definition) is 3. The molecular formula is C10H11NOS. The van der Waals surface area contributed by atoms with Gasteiger partial charge >= 0.3 is 0 Å². The Morgan fingerprint density at radius 2 is 2.54 bits per heavy atom. The molecule has 0 amide bonds. The highest BCUT2D eigenvalue weighted by Crippen LogP contribution is 2.08. The first kappa shape index (κ1) is 9.97. The Balaban J connectivity index is 2.23. The minimum atomic E-state index is 0.178. The lowest BCUT2D eigenvalue weighted by Gasteiger charge is -1.98. The summed E-state index contributed by atoms with van der Waals surface area (Å²) < 4.78 is 0. The van der Waals surface area contributed by atoms with Crippen LogP contribution in [0.4, 0.5) is 0 Å². The van der Waals surface area contributed by atoms with Crippen molar-refractivity contribution in [2.75, 3.05) is 13.1 Å². The molecule has 1 aromatic rings. The van der Waals surface area contributed by atoms with Crippen LogP contribution in [0.25, 0.3) is 0 Å². The van der Waals surface area contributed by atoms with E-state index in [1.165, 1.54) is 0 Å². The van der Waals surface area contributed by atoms with Crippen molar-refractivity contribution in [3.63, 3.8) is 0 Å². The highest BCUT2D eigenvalue weighted by Gasteiger charge is 2.02. The summed E-state index contributed by atoms with van der Waals surface area (Å²) in [4.78, 5) is 12.4. The maximum Gasteiger partial charge on any atom is 0.151 e. The number of thiophene rings is 1. The lowest BCUT2D eigenvalue weighted by Crippen LogP contribution is -2.24. The monoisotopic (exact) mass is 193 g/mol. The second-order valence-corrected chi connectivity index (χ2v) is 3.63. The largest absolute Gasteiger partial charge is 0.299 e. The van der Waals surface area contributed by atoms with Crippen LogP contribution in [0.15, 0.2) is 17.5 Å². The zero-order chi connectivity index (χ0) is 9.52. The third kappa shape index (κ3) is 3.88. The minimum absolute atomic E-state index is 0.178. The molecule has 0 unspecified atom stereocenters. The van der Waals surface area contributed by atoms with Crippen molar-refractivity contribution in [1.82, 2.24) is 5.32 Å². The van der Waals surface area contributed by atoms with Gasteiger partial charge in [0.05, 0.1) is 13.1 Å². The topological polar surface area (TPSA) is 29.1 Å².